The molecule has 1 amide bonds. The highest BCUT2D eigenvalue weighted by Crippen LogP contribution is 2.47. The van der Waals surface area contributed by atoms with E-state index in [1.807, 2.05) is 39.5 Å². The molecule has 0 radical (unpaired) electrons. The van der Waals surface area contributed by atoms with Crippen LogP contribution in [0.3, 0.4) is 0 Å². The van der Waals surface area contributed by atoms with Gasteiger partial charge in [0.25, 0.3) is 0 Å². The van der Waals surface area contributed by atoms with Gasteiger partial charge in [0.2, 0.25) is 0 Å². The molecule has 10 heteroatoms. The number of fused-ring (bicyclic) bond motifs is 1. The molecule has 4 rings (SSSR count). The number of aromatic nitrogens is 3. The van der Waals surface area contributed by atoms with Crippen molar-refractivity contribution in [2.75, 3.05) is 36.0 Å². The van der Waals surface area contributed by atoms with Crippen LogP contribution in [0, 0.1) is 11.3 Å². The number of rotatable bonds is 3. The molecule has 3 atom stereocenters. The summed E-state index contributed by atoms with van der Waals surface area (Å²) in [7, 11) is 0. The summed E-state index contributed by atoms with van der Waals surface area (Å²) in [6.45, 7) is 13.0. The standard InChI is InChI=1S/C25H33N7O3/c1-16-12-31(23(34)35-24(3,4)5)17(2)11-30(16)21-20-22(29-15-28-21)32(13-25(20,6)14-33)19-9-18(10-26)7-8-27-19/h7-9,15-17,33H,11-14H2,1-6H3/t16-,17+,25+/m0/s1. The predicted octanol–water partition coefficient (Wildman–Crippen LogP) is 2.98. The second-order valence-electron chi connectivity index (χ2n) is 10.7. The maximum absolute atomic E-state index is 12.8. The van der Waals surface area contributed by atoms with Gasteiger partial charge in [0.1, 0.15) is 29.4 Å². The lowest BCUT2D eigenvalue weighted by Gasteiger charge is -2.45. The van der Waals surface area contributed by atoms with E-state index in [1.54, 1.807) is 23.2 Å². The van der Waals surface area contributed by atoms with E-state index in [0.717, 1.165) is 11.4 Å². The SMILES string of the molecule is C[C@@H]1CN(c2ncnc3c2[C@@](C)(CO)CN3c2cc(C#N)ccn2)[C@@H](C)CN1C(=O)OC(C)(C)C. The Bertz CT molecular complexity index is 1160. The summed E-state index contributed by atoms with van der Waals surface area (Å²) in [4.78, 5) is 32.4. The van der Waals surface area contributed by atoms with Crippen LogP contribution >= 0.6 is 0 Å². The second kappa shape index (κ2) is 8.96. The van der Waals surface area contributed by atoms with E-state index in [4.69, 9.17) is 4.74 Å². The number of ether oxygens (including phenoxy) is 1. The number of aliphatic hydroxyl groups excluding tert-OH is 1. The van der Waals surface area contributed by atoms with Gasteiger partial charge in [-0.25, -0.2) is 19.7 Å². The molecule has 0 aromatic carbocycles. The van der Waals surface area contributed by atoms with Crippen molar-refractivity contribution in [2.45, 2.75) is 64.6 Å². The number of anilines is 3. The van der Waals surface area contributed by atoms with Crippen molar-refractivity contribution in [2.24, 2.45) is 0 Å². The van der Waals surface area contributed by atoms with Crippen molar-refractivity contribution in [1.82, 2.24) is 19.9 Å². The van der Waals surface area contributed by atoms with Gasteiger partial charge in [-0.3, -0.25) is 0 Å². The number of carbonyl (C=O) groups is 1. The van der Waals surface area contributed by atoms with E-state index in [2.05, 4.69) is 32.8 Å². The monoisotopic (exact) mass is 479 g/mol. The summed E-state index contributed by atoms with van der Waals surface area (Å²) < 4.78 is 5.62. The number of nitrogens with zero attached hydrogens (tertiary/aromatic N) is 7. The Morgan fingerprint density at radius 3 is 2.60 bits per heavy atom. The van der Waals surface area contributed by atoms with E-state index >= 15 is 0 Å². The first kappa shape index (κ1) is 24.7. The molecular weight excluding hydrogens is 446 g/mol. The number of piperazine rings is 1. The van der Waals surface area contributed by atoms with Crippen LogP contribution in [0.4, 0.5) is 22.2 Å². The van der Waals surface area contributed by atoms with Gasteiger partial charge in [0.15, 0.2) is 0 Å². The van der Waals surface area contributed by atoms with Crippen LogP contribution in [0.15, 0.2) is 24.7 Å². The van der Waals surface area contributed by atoms with Gasteiger partial charge in [-0.15, -0.1) is 0 Å². The molecule has 1 N–H and O–H groups in total. The van der Waals surface area contributed by atoms with Gasteiger partial charge in [0, 0.05) is 48.9 Å². The molecule has 0 bridgehead atoms. The largest absolute Gasteiger partial charge is 0.444 e. The van der Waals surface area contributed by atoms with E-state index in [-0.39, 0.29) is 24.8 Å². The molecule has 4 heterocycles. The molecule has 35 heavy (non-hydrogen) atoms. The summed E-state index contributed by atoms with van der Waals surface area (Å²) in [5.74, 6) is 2.01. The van der Waals surface area contributed by atoms with Crippen LogP contribution in [0.5, 0.6) is 0 Å². The normalized spacial score (nSPS) is 24.2. The molecule has 2 aromatic heterocycles. The molecule has 0 spiro atoms. The fourth-order valence-electron chi connectivity index (χ4n) is 4.78. The number of aliphatic hydroxyl groups is 1. The lowest BCUT2D eigenvalue weighted by molar-refractivity contribution is 0.0129. The molecular formula is C25H33N7O3. The number of pyridine rings is 1. The van der Waals surface area contributed by atoms with Gasteiger partial charge < -0.3 is 24.5 Å². The molecule has 1 fully saturated rings. The quantitative estimate of drug-likeness (QED) is 0.708. The summed E-state index contributed by atoms with van der Waals surface area (Å²) >= 11 is 0. The Kier molecular flexibility index (Phi) is 6.32. The zero-order valence-corrected chi connectivity index (χ0v) is 21.2. The minimum atomic E-state index is -0.637. The topological polar surface area (TPSA) is 119 Å². The molecule has 0 saturated carbocycles. The Hall–Kier alpha value is -3.45. The summed E-state index contributed by atoms with van der Waals surface area (Å²) in [5.41, 5.74) is 0.149. The molecule has 0 unspecified atom stereocenters. The van der Waals surface area contributed by atoms with Crippen LogP contribution in [0.25, 0.3) is 0 Å². The van der Waals surface area contributed by atoms with Crippen molar-refractivity contribution in [3.63, 3.8) is 0 Å². The Labute approximate surface area is 206 Å². The zero-order chi connectivity index (χ0) is 25.5. The number of hydrogen-bond donors (Lipinski definition) is 1. The van der Waals surface area contributed by atoms with E-state index in [1.165, 1.54) is 6.33 Å². The number of hydrogen-bond acceptors (Lipinski definition) is 9. The van der Waals surface area contributed by atoms with Crippen molar-refractivity contribution in [3.05, 3.63) is 35.8 Å². The lowest BCUT2D eigenvalue weighted by Crippen LogP contribution is -2.59. The van der Waals surface area contributed by atoms with Gasteiger partial charge >= 0.3 is 6.09 Å². The third kappa shape index (κ3) is 4.60. The fraction of sp³-hybridized carbons (Fsp3) is 0.560. The van der Waals surface area contributed by atoms with Crippen molar-refractivity contribution < 1.29 is 14.6 Å². The Morgan fingerprint density at radius 2 is 1.94 bits per heavy atom. The number of amides is 1. The van der Waals surface area contributed by atoms with Crippen molar-refractivity contribution >= 4 is 23.5 Å². The van der Waals surface area contributed by atoms with Gasteiger partial charge in [-0.2, -0.15) is 5.26 Å². The Balaban J connectivity index is 1.70. The van der Waals surface area contributed by atoms with E-state index < -0.39 is 11.0 Å². The molecule has 2 aliphatic heterocycles. The average molecular weight is 480 g/mol. The highest BCUT2D eigenvalue weighted by atomic mass is 16.6. The Morgan fingerprint density at radius 1 is 1.23 bits per heavy atom. The third-order valence-electron chi connectivity index (χ3n) is 6.56. The molecule has 2 aromatic rings. The van der Waals surface area contributed by atoms with Crippen LogP contribution in [-0.4, -0.2) is 75.0 Å². The summed E-state index contributed by atoms with van der Waals surface area (Å²) in [6.07, 6.45) is 2.80. The molecule has 186 valence electrons. The first-order valence-electron chi connectivity index (χ1n) is 11.8. The fourth-order valence-corrected chi connectivity index (χ4v) is 4.78. The highest BCUT2D eigenvalue weighted by molar-refractivity contribution is 5.75. The van der Waals surface area contributed by atoms with Crippen LogP contribution in [-0.2, 0) is 10.2 Å². The predicted molar refractivity (Wildman–Crippen MR) is 132 cm³/mol. The first-order chi connectivity index (χ1) is 16.5. The number of nitriles is 1. The third-order valence-corrected chi connectivity index (χ3v) is 6.56. The lowest BCUT2D eigenvalue weighted by atomic mass is 9.85. The molecule has 10 nitrogen and oxygen atoms in total. The van der Waals surface area contributed by atoms with E-state index in [0.29, 0.717) is 36.8 Å². The maximum Gasteiger partial charge on any atom is 0.410 e. The van der Waals surface area contributed by atoms with Crippen LogP contribution in [0.1, 0.15) is 52.7 Å². The molecule has 0 aliphatic carbocycles. The first-order valence-corrected chi connectivity index (χ1v) is 11.8. The summed E-state index contributed by atoms with van der Waals surface area (Å²) in [6, 6.07) is 5.40. The van der Waals surface area contributed by atoms with E-state index in [9.17, 15) is 15.2 Å². The number of carbonyl (C=O) groups excluding carboxylic acids is 1. The van der Waals surface area contributed by atoms with Crippen LogP contribution in [0.2, 0.25) is 0 Å². The smallest absolute Gasteiger partial charge is 0.410 e. The highest BCUT2D eigenvalue weighted by Gasteiger charge is 2.46. The maximum atomic E-state index is 12.8. The van der Waals surface area contributed by atoms with Crippen molar-refractivity contribution in [1.29, 1.82) is 5.26 Å². The minimum absolute atomic E-state index is 0.0326. The van der Waals surface area contributed by atoms with Gasteiger partial charge in [0.05, 0.1) is 18.2 Å². The molecule has 1 saturated heterocycles. The summed E-state index contributed by atoms with van der Waals surface area (Å²) in [5, 5.41) is 19.8. The van der Waals surface area contributed by atoms with Crippen LogP contribution < -0.4 is 9.80 Å². The van der Waals surface area contributed by atoms with Crippen molar-refractivity contribution in [3.8, 4) is 6.07 Å². The van der Waals surface area contributed by atoms with Gasteiger partial charge in [-0.1, -0.05) is 6.92 Å². The van der Waals surface area contributed by atoms with Gasteiger partial charge in [-0.05, 0) is 46.8 Å². The minimum Gasteiger partial charge on any atom is -0.444 e. The second-order valence-corrected chi connectivity index (χ2v) is 10.7. The molecule has 2 aliphatic rings. The zero-order valence-electron chi connectivity index (χ0n) is 21.2. The average Bonchev–Trinajstić information content (AvgIpc) is 3.13.